The quantitative estimate of drug-likeness (QED) is 0.617. The summed E-state index contributed by atoms with van der Waals surface area (Å²) >= 11 is 0. The van der Waals surface area contributed by atoms with Gasteiger partial charge in [0.25, 0.3) is 5.91 Å². The number of aliphatic imine (C=N–C) groups is 1. The van der Waals surface area contributed by atoms with Crippen molar-refractivity contribution in [1.82, 2.24) is 15.2 Å². The fraction of sp³-hybridized carbons (Fsp3) is 0.481. The van der Waals surface area contributed by atoms with Gasteiger partial charge in [0.2, 0.25) is 0 Å². The summed E-state index contributed by atoms with van der Waals surface area (Å²) in [5, 5.41) is 3.08. The molecule has 5 rings (SSSR count). The maximum absolute atomic E-state index is 13.8. The van der Waals surface area contributed by atoms with Crippen LogP contribution >= 0.6 is 0 Å². The number of ether oxygens (including phenoxy) is 3. The molecule has 1 unspecified atom stereocenters. The van der Waals surface area contributed by atoms with Gasteiger partial charge >= 0.3 is 6.03 Å². The van der Waals surface area contributed by atoms with Gasteiger partial charge in [-0.05, 0) is 42.5 Å². The normalized spacial score (nSPS) is 19.4. The van der Waals surface area contributed by atoms with Crippen molar-refractivity contribution in [2.75, 3.05) is 38.9 Å². The Balaban J connectivity index is 1.52. The van der Waals surface area contributed by atoms with Crippen LogP contribution < -0.4 is 19.7 Å². The van der Waals surface area contributed by atoms with Gasteiger partial charge < -0.3 is 19.5 Å². The van der Waals surface area contributed by atoms with Gasteiger partial charge in [0.15, 0.2) is 5.84 Å². The molecule has 1 N–H and O–H groups in total. The van der Waals surface area contributed by atoms with Crippen LogP contribution in [0.5, 0.6) is 11.5 Å². The molecule has 0 bridgehead atoms. The van der Waals surface area contributed by atoms with Crippen LogP contribution in [0.2, 0.25) is 0 Å². The lowest BCUT2D eigenvalue weighted by Crippen LogP contribution is -2.50. The van der Waals surface area contributed by atoms with Gasteiger partial charge in [-0.2, -0.15) is 0 Å². The lowest BCUT2D eigenvalue weighted by Gasteiger charge is -2.35. The average molecular weight is 508 g/mol. The lowest BCUT2D eigenvalue weighted by molar-refractivity contribution is 0.0696. The molecule has 3 amide bonds. The first-order chi connectivity index (χ1) is 17.9. The van der Waals surface area contributed by atoms with Crippen LogP contribution in [0, 0.1) is 5.92 Å². The largest absolute Gasteiger partial charge is 0.497 e. The first kappa shape index (κ1) is 25.0. The first-order valence-electron chi connectivity index (χ1n) is 12.7. The average Bonchev–Trinajstić information content (AvgIpc) is 3.37. The molecule has 0 radical (unpaired) electrons. The Hall–Kier alpha value is -3.66. The fourth-order valence-corrected chi connectivity index (χ4v) is 4.87. The Labute approximate surface area is 216 Å². The number of urea groups is 1. The van der Waals surface area contributed by atoms with E-state index in [1.54, 1.807) is 42.3 Å². The van der Waals surface area contributed by atoms with Crippen molar-refractivity contribution < 1.29 is 23.8 Å². The second-order valence-corrected chi connectivity index (χ2v) is 9.92. The summed E-state index contributed by atoms with van der Waals surface area (Å²) < 4.78 is 16.3. The van der Waals surface area contributed by atoms with Crippen LogP contribution in [0.3, 0.4) is 0 Å². The minimum Gasteiger partial charge on any atom is -0.497 e. The van der Waals surface area contributed by atoms with Gasteiger partial charge in [-0.25, -0.2) is 9.78 Å². The van der Waals surface area contributed by atoms with E-state index in [1.165, 1.54) is 0 Å². The number of carbonyl (C=O) groups is 2. The monoisotopic (exact) mass is 507 g/mol. The minimum atomic E-state index is -0.214. The zero-order valence-corrected chi connectivity index (χ0v) is 21.7. The molecule has 10 nitrogen and oxygen atoms in total. The molecule has 196 valence electrons. The molecule has 2 aromatic rings. The Morgan fingerprint density at radius 2 is 1.84 bits per heavy atom. The minimum absolute atomic E-state index is 0.0121. The van der Waals surface area contributed by atoms with Gasteiger partial charge in [-0.3, -0.25) is 19.6 Å². The summed E-state index contributed by atoms with van der Waals surface area (Å²) in [4.78, 5) is 39.8. The van der Waals surface area contributed by atoms with Crippen LogP contribution in [0.4, 0.5) is 10.5 Å². The van der Waals surface area contributed by atoms with Crippen molar-refractivity contribution in [2.45, 2.75) is 45.3 Å². The van der Waals surface area contributed by atoms with E-state index < -0.39 is 0 Å². The van der Waals surface area contributed by atoms with Crippen LogP contribution in [0.1, 0.15) is 48.3 Å². The third kappa shape index (κ3) is 4.98. The topological polar surface area (TPSA) is 106 Å². The number of nitrogens with one attached hydrogen (secondary N) is 1. The summed E-state index contributed by atoms with van der Waals surface area (Å²) in [6.45, 7) is 6.20. The highest BCUT2D eigenvalue weighted by molar-refractivity contribution is 6.19. The van der Waals surface area contributed by atoms with E-state index in [2.05, 4.69) is 24.1 Å². The van der Waals surface area contributed by atoms with Crippen molar-refractivity contribution >= 4 is 23.5 Å². The maximum Gasteiger partial charge on any atom is 0.330 e. The summed E-state index contributed by atoms with van der Waals surface area (Å²) in [5.74, 6) is 1.88. The highest BCUT2D eigenvalue weighted by Crippen LogP contribution is 2.35. The predicted octanol–water partition coefficient (Wildman–Crippen LogP) is 3.23. The van der Waals surface area contributed by atoms with Gasteiger partial charge in [-0.15, -0.1) is 0 Å². The lowest BCUT2D eigenvalue weighted by atomic mass is 10.1. The summed E-state index contributed by atoms with van der Waals surface area (Å²) in [6.07, 6.45) is 3.11. The molecular formula is C27H33N5O5. The van der Waals surface area contributed by atoms with Crippen molar-refractivity contribution in [2.24, 2.45) is 10.9 Å². The Bertz CT molecular complexity index is 1200. The maximum atomic E-state index is 13.8. The van der Waals surface area contributed by atoms with Gasteiger partial charge in [0.05, 0.1) is 44.6 Å². The number of rotatable bonds is 7. The van der Waals surface area contributed by atoms with E-state index in [4.69, 9.17) is 19.2 Å². The Kier molecular flexibility index (Phi) is 7.01. The van der Waals surface area contributed by atoms with E-state index in [-0.39, 0.29) is 36.5 Å². The Morgan fingerprint density at radius 1 is 1.14 bits per heavy atom. The molecule has 4 heterocycles. The molecule has 3 aliphatic heterocycles. The third-order valence-electron chi connectivity index (χ3n) is 7.09. The van der Waals surface area contributed by atoms with Crippen molar-refractivity contribution in [1.29, 1.82) is 0 Å². The zero-order valence-electron chi connectivity index (χ0n) is 21.7. The van der Waals surface area contributed by atoms with Crippen LogP contribution in [0.15, 0.2) is 35.5 Å². The van der Waals surface area contributed by atoms with Gasteiger partial charge in [-0.1, -0.05) is 13.8 Å². The van der Waals surface area contributed by atoms with E-state index in [0.29, 0.717) is 54.0 Å². The van der Waals surface area contributed by atoms with Crippen molar-refractivity contribution in [3.8, 4) is 11.5 Å². The number of methoxy groups -OCH3 is 2. The zero-order chi connectivity index (χ0) is 26.1. The molecule has 1 fully saturated rings. The standard InChI is InChI=1S/C27H33N5O5/c1-16(2)22-15-32-25(30-22)24-23(11-18(13-28-24)26(33)29-19-5-7-37-8-6-19)31(27(32)34)14-17-9-20(35-3)12-21(10-17)36-4/h9-13,16,19,22H,5-8,14-15H2,1-4H3,(H,29,33). The number of anilines is 1. The predicted molar refractivity (Wildman–Crippen MR) is 139 cm³/mol. The van der Waals surface area contributed by atoms with Gasteiger partial charge in [0.1, 0.15) is 17.2 Å². The molecule has 3 aliphatic rings. The number of aromatic nitrogens is 1. The smallest absolute Gasteiger partial charge is 0.330 e. The number of fused-ring (bicyclic) bond motifs is 3. The molecule has 1 atom stereocenters. The number of nitrogens with zero attached hydrogens (tertiary/aromatic N) is 4. The molecule has 0 spiro atoms. The van der Waals surface area contributed by atoms with E-state index in [9.17, 15) is 9.59 Å². The molecular weight excluding hydrogens is 474 g/mol. The molecule has 10 heteroatoms. The molecule has 0 saturated carbocycles. The number of hydrogen-bond donors (Lipinski definition) is 1. The first-order valence-corrected chi connectivity index (χ1v) is 12.7. The second-order valence-electron chi connectivity index (χ2n) is 9.92. The van der Waals surface area contributed by atoms with Crippen molar-refractivity contribution in [3.05, 3.63) is 47.3 Å². The number of carbonyl (C=O) groups excluding carboxylic acids is 2. The molecule has 37 heavy (non-hydrogen) atoms. The number of benzene rings is 1. The van der Waals surface area contributed by atoms with Crippen molar-refractivity contribution in [3.63, 3.8) is 0 Å². The highest BCUT2D eigenvalue weighted by Gasteiger charge is 2.42. The molecule has 1 aromatic carbocycles. The van der Waals surface area contributed by atoms with E-state index in [0.717, 1.165) is 18.4 Å². The second kappa shape index (κ2) is 10.4. The van der Waals surface area contributed by atoms with Gasteiger partial charge in [0, 0.05) is 31.5 Å². The van der Waals surface area contributed by atoms with Crippen LogP contribution in [-0.2, 0) is 11.3 Å². The third-order valence-corrected chi connectivity index (χ3v) is 7.09. The molecule has 1 saturated heterocycles. The van der Waals surface area contributed by atoms with Crippen LogP contribution in [0.25, 0.3) is 0 Å². The summed E-state index contributed by atoms with van der Waals surface area (Å²) in [5.41, 5.74) is 2.39. The van der Waals surface area contributed by atoms with E-state index >= 15 is 0 Å². The summed E-state index contributed by atoms with van der Waals surface area (Å²) in [7, 11) is 3.18. The molecule has 1 aromatic heterocycles. The SMILES string of the molecule is COc1cc(CN2C(=O)N3CC(C(C)C)N=C3c3ncc(C(=O)NC4CCOCC4)cc32)cc(OC)c1. The van der Waals surface area contributed by atoms with Crippen LogP contribution in [-0.4, -0.2) is 73.7 Å². The van der Waals surface area contributed by atoms with E-state index in [1.807, 2.05) is 12.1 Å². The highest BCUT2D eigenvalue weighted by atomic mass is 16.5. The molecule has 0 aliphatic carbocycles. The number of amides is 3. The Morgan fingerprint density at radius 3 is 2.49 bits per heavy atom. The number of pyridine rings is 1. The summed E-state index contributed by atoms with van der Waals surface area (Å²) in [6, 6.07) is 7.12. The fourth-order valence-electron chi connectivity index (χ4n) is 4.87. The number of hydrogen-bond acceptors (Lipinski definition) is 7. The number of amidine groups is 1.